The minimum atomic E-state index is 0.646. The summed E-state index contributed by atoms with van der Waals surface area (Å²) in [6, 6.07) is 15.7. The number of hydrogen-bond donors (Lipinski definition) is 1. The van der Waals surface area contributed by atoms with Gasteiger partial charge in [0.1, 0.15) is 5.82 Å². The lowest BCUT2D eigenvalue weighted by Crippen LogP contribution is -1.98. The van der Waals surface area contributed by atoms with Gasteiger partial charge in [0.2, 0.25) is 0 Å². The predicted molar refractivity (Wildman–Crippen MR) is 97.2 cm³/mol. The van der Waals surface area contributed by atoms with Gasteiger partial charge in [0, 0.05) is 10.9 Å². The van der Waals surface area contributed by atoms with Gasteiger partial charge in [-0.1, -0.05) is 24.3 Å². The molecule has 0 radical (unpaired) electrons. The van der Waals surface area contributed by atoms with Crippen LogP contribution in [0, 0.1) is 6.92 Å². The number of hydrazone groups is 1. The van der Waals surface area contributed by atoms with Crippen LogP contribution in [0.2, 0.25) is 0 Å². The molecule has 0 aliphatic carbocycles. The van der Waals surface area contributed by atoms with Crippen molar-refractivity contribution in [2.45, 2.75) is 6.92 Å². The van der Waals surface area contributed by atoms with E-state index < -0.39 is 0 Å². The smallest absolute Gasteiger partial charge is 0.169 e. The number of ether oxygens (including phenoxy) is 2. The summed E-state index contributed by atoms with van der Waals surface area (Å²) in [5.74, 6) is 2.01. The van der Waals surface area contributed by atoms with E-state index in [1.54, 1.807) is 20.4 Å². The number of aromatic nitrogens is 1. The summed E-state index contributed by atoms with van der Waals surface area (Å²) < 4.78 is 10.7. The van der Waals surface area contributed by atoms with E-state index in [1.807, 2.05) is 42.5 Å². The van der Waals surface area contributed by atoms with Gasteiger partial charge in [-0.15, -0.1) is 0 Å². The third-order valence-corrected chi connectivity index (χ3v) is 3.74. The molecule has 122 valence electrons. The Balaban J connectivity index is 1.85. The summed E-state index contributed by atoms with van der Waals surface area (Å²) >= 11 is 0. The van der Waals surface area contributed by atoms with E-state index in [0.29, 0.717) is 17.3 Å². The lowest BCUT2D eigenvalue weighted by molar-refractivity contribution is 0.354. The van der Waals surface area contributed by atoms with Crippen molar-refractivity contribution in [1.29, 1.82) is 0 Å². The molecule has 0 spiro atoms. The van der Waals surface area contributed by atoms with Crippen LogP contribution in [-0.2, 0) is 0 Å². The molecule has 0 aliphatic rings. The van der Waals surface area contributed by atoms with E-state index in [9.17, 15) is 0 Å². The molecule has 3 rings (SSSR count). The summed E-state index contributed by atoms with van der Waals surface area (Å²) in [5.41, 5.74) is 5.89. The molecule has 3 aromatic rings. The van der Waals surface area contributed by atoms with Crippen molar-refractivity contribution >= 4 is 22.9 Å². The number of methoxy groups -OCH3 is 2. The number of nitrogens with zero attached hydrogens (tertiary/aromatic N) is 2. The minimum Gasteiger partial charge on any atom is -0.493 e. The highest BCUT2D eigenvalue weighted by atomic mass is 16.5. The zero-order valence-corrected chi connectivity index (χ0v) is 13.9. The van der Waals surface area contributed by atoms with Crippen molar-refractivity contribution in [1.82, 2.24) is 4.98 Å². The highest BCUT2D eigenvalue weighted by molar-refractivity contribution is 5.86. The molecule has 0 aliphatic heterocycles. The van der Waals surface area contributed by atoms with Crippen LogP contribution in [-0.4, -0.2) is 25.4 Å². The van der Waals surface area contributed by atoms with Crippen LogP contribution in [0.25, 0.3) is 10.9 Å². The Morgan fingerprint density at radius 1 is 1.04 bits per heavy atom. The molecule has 1 N–H and O–H groups in total. The minimum absolute atomic E-state index is 0.646. The molecule has 1 heterocycles. The Hall–Kier alpha value is -3.08. The number of anilines is 1. The molecule has 0 saturated carbocycles. The Labute approximate surface area is 140 Å². The van der Waals surface area contributed by atoms with Crippen LogP contribution >= 0.6 is 0 Å². The average molecular weight is 321 g/mol. The highest BCUT2D eigenvalue weighted by Gasteiger charge is 2.07. The fourth-order valence-corrected chi connectivity index (χ4v) is 2.59. The Kier molecular flexibility index (Phi) is 4.61. The van der Waals surface area contributed by atoms with Crippen molar-refractivity contribution in [3.63, 3.8) is 0 Å². The maximum absolute atomic E-state index is 5.39. The first-order chi connectivity index (χ1) is 11.7. The van der Waals surface area contributed by atoms with E-state index in [2.05, 4.69) is 28.5 Å². The maximum Gasteiger partial charge on any atom is 0.169 e. The van der Waals surface area contributed by atoms with Crippen LogP contribution in [0.1, 0.15) is 11.1 Å². The maximum atomic E-state index is 5.39. The Bertz CT molecular complexity index is 891. The molecule has 24 heavy (non-hydrogen) atoms. The van der Waals surface area contributed by atoms with Gasteiger partial charge in [0.05, 0.1) is 26.0 Å². The van der Waals surface area contributed by atoms with Gasteiger partial charge in [0.15, 0.2) is 11.5 Å². The Morgan fingerprint density at radius 3 is 2.67 bits per heavy atom. The van der Waals surface area contributed by atoms with E-state index in [-0.39, 0.29) is 0 Å². The number of para-hydroxylation sites is 2. The van der Waals surface area contributed by atoms with Gasteiger partial charge in [-0.2, -0.15) is 5.10 Å². The molecule has 0 amide bonds. The first kappa shape index (κ1) is 15.8. The number of fused-ring (bicyclic) bond motifs is 1. The normalized spacial score (nSPS) is 11.0. The van der Waals surface area contributed by atoms with Gasteiger partial charge in [-0.05, 0) is 36.8 Å². The summed E-state index contributed by atoms with van der Waals surface area (Å²) in [5, 5.41) is 5.41. The molecule has 0 fully saturated rings. The van der Waals surface area contributed by atoms with Gasteiger partial charge < -0.3 is 9.47 Å². The topological polar surface area (TPSA) is 55.7 Å². The SMILES string of the molecule is COc1cccc(C=NNc2cc(C)c3ccccc3n2)c1OC. The van der Waals surface area contributed by atoms with Crippen LogP contribution in [0.15, 0.2) is 53.6 Å². The summed E-state index contributed by atoms with van der Waals surface area (Å²) in [6.07, 6.45) is 1.69. The van der Waals surface area contributed by atoms with Crippen molar-refractivity contribution in [2.75, 3.05) is 19.6 Å². The number of pyridine rings is 1. The first-order valence-corrected chi connectivity index (χ1v) is 7.59. The summed E-state index contributed by atoms with van der Waals surface area (Å²) in [7, 11) is 3.22. The standard InChI is InChI=1S/C19H19N3O2/c1-13-11-18(21-16-9-5-4-8-15(13)16)22-20-12-14-7-6-10-17(23-2)19(14)24-3/h4-12H,1-3H3,(H,21,22). The van der Waals surface area contributed by atoms with Crippen LogP contribution < -0.4 is 14.9 Å². The largest absolute Gasteiger partial charge is 0.493 e. The van der Waals surface area contributed by atoms with Gasteiger partial charge in [-0.25, -0.2) is 4.98 Å². The lowest BCUT2D eigenvalue weighted by atomic mass is 10.1. The van der Waals surface area contributed by atoms with Gasteiger partial charge in [0.25, 0.3) is 0 Å². The molecule has 0 unspecified atom stereocenters. The molecule has 0 saturated heterocycles. The molecule has 0 atom stereocenters. The summed E-state index contributed by atoms with van der Waals surface area (Å²) in [4.78, 5) is 4.56. The predicted octanol–water partition coefficient (Wildman–Crippen LogP) is 4.01. The van der Waals surface area contributed by atoms with Crippen molar-refractivity contribution in [2.24, 2.45) is 5.10 Å². The third-order valence-electron chi connectivity index (χ3n) is 3.74. The first-order valence-electron chi connectivity index (χ1n) is 7.59. The monoisotopic (exact) mass is 321 g/mol. The van der Waals surface area contributed by atoms with Gasteiger partial charge in [-0.3, -0.25) is 5.43 Å². The van der Waals surface area contributed by atoms with E-state index in [1.165, 1.54) is 0 Å². The second kappa shape index (κ2) is 7.00. The number of nitrogens with one attached hydrogen (secondary N) is 1. The number of benzene rings is 2. The van der Waals surface area contributed by atoms with Crippen LogP contribution in [0.4, 0.5) is 5.82 Å². The number of rotatable bonds is 5. The second-order valence-corrected chi connectivity index (χ2v) is 5.29. The lowest BCUT2D eigenvalue weighted by Gasteiger charge is -2.09. The summed E-state index contributed by atoms with van der Waals surface area (Å²) in [6.45, 7) is 2.06. The quantitative estimate of drug-likeness (QED) is 0.570. The molecule has 0 bridgehead atoms. The number of hydrogen-bond acceptors (Lipinski definition) is 5. The van der Waals surface area contributed by atoms with Crippen LogP contribution in [0.5, 0.6) is 11.5 Å². The fraction of sp³-hybridized carbons (Fsp3) is 0.158. The third kappa shape index (κ3) is 3.15. The zero-order valence-electron chi connectivity index (χ0n) is 13.9. The average Bonchev–Trinajstić information content (AvgIpc) is 2.61. The van der Waals surface area contributed by atoms with Crippen molar-refractivity contribution in [3.05, 3.63) is 59.7 Å². The fourth-order valence-electron chi connectivity index (χ4n) is 2.59. The second-order valence-electron chi connectivity index (χ2n) is 5.29. The van der Waals surface area contributed by atoms with E-state index in [4.69, 9.17) is 9.47 Å². The number of aryl methyl sites for hydroxylation is 1. The van der Waals surface area contributed by atoms with Crippen molar-refractivity contribution < 1.29 is 9.47 Å². The molecular formula is C19H19N3O2. The van der Waals surface area contributed by atoms with Gasteiger partial charge >= 0.3 is 0 Å². The van der Waals surface area contributed by atoms with E-state index >= 15 is 0 Å². The molecular weight excluding hydrogens is 302 g/mol. The zero-order chi connectivity index (χ0) is 16.9. The van der Waals surface area contributed by atoms with Crippen molar-refractivity contribution in [3.8, 4) is 11.5 Å². The molecule has 5 heteroatoms. The molecule has 2 aromatic carbocycles. The molecule has 1 aromatic heterocycles. The molecule has 5 nitrogen and oxygen atoms in total. The van der Waals surface area contributed by atoms with E-state index in [0.717, 1.165) is 22.0 Å². The highest BCUT2D eigenvalue weighted by Crippen LogP contribution is 2.29. The van der Waals surface area contributed by atoms with Crippen LogP contribution in [0.3, 0.4) is 0 Å². The Morgan fingerprint density at radius 2 is 1.88 bits per heavy atom.